The number of aliphatic hydroxyl groups is 1. The Hall–Kier alpha value is -3.39. The van der Waals surface area contributed by atoms with Gasteiger partial charge in [0.25, 0.3) is 0 Å². The molecule has 3 heterocycles. The average molecular weight is 467 g/mol. The van der Waals surface area contributed by atoms with Crippen LogP contribution in [0.15, 0.2) is 66.9 Å². The van der Waals surface area contributed by atoms with E-state index in [0.717, 1.165) is 50.3 Å². The van der Waals surface area contributed by atoms with Crippen LogP contribution in [0, 0.1) is 0 Å². The van der Waals surface area contributed by atoms with Crippen molar-refractivity contribution in [2.24, 2.45) is 0 Å². The molecule has 0 bridgehead atoms. The van der Waals surface area contributed by atoms with Gasteiger partial charge >= 0.3 is 6.18 Å². The van der Waals surface area contributed by atoms with Gasteiger partial charge in [0.05, 0.1) is 16.6 Å². The molecule has 5 rings (SSSR count). The lowest BCUT2D eigenvalue weighted by molar-refractivity contribution is -0.137. The normalized spacial score (nSPS) is 16.2. The summed E-state index contributed by atoms with van der Waals surface area (Å²) in [6.07, 6.45) is -0.117. The summed E-state index contributed by atoms with van der Waals surface area (Å²) in [4.78, 5) is 14.2. The lowest BCUT2D eigenvalue weighted by Crippen LogP contribution is -2.43. The van der Waals surface area contributed by atoms with Crippen molar-refractivity contribution in [1.82, 2.24) is 15.0 Å². The van der Waals surface area contributed by atoms with Crippen LogP contribution in [-0.2, 0) is 11.6 Å². The number of aromatic nitrogens is 3. The number of halogens is 3. The Bertz CT molecular complexity index is 1260. The zero-order valence-electron chi connectivity index (χ0n) is 18.5. The number of piperidine rings is 1. The minimum Gasteiger partial charge on any atom is -0.396 e. The molecule has 34 heavy (non-hydrogen) atoms. The molecule has 176 valence electrons. The van der Waals surface area contributed by atoms with E-state index in [2.05, 4.69) is 32.0 Å². The zero-order valence-corrected chi connectivity index (χ0v) is 18.5. The number of anilines is 1. The molecule has 2 N–H and O–H groups in total. The van der Waals surface area contributed by atoms with Crippen LogP contribution >= 0.6 is 0 Å². The number of hydrogen-bond acceptors (Lipinski definition) is 4. The molecule has 0 unspecified atom stereocenters. The molecule has 0 aliphatic carbocycles. The summed E-state index contributed by atoms with van der Waals surface area (Å²) in [5, 5.41) is 9.68. The molecular weight excluding hydrogens is 441 g/mol. The molecule has 0 spiro atoms. The van der Waals surface area contributed by atoms with Crippen molar-refractivity contribution in [1.29, 1.82) is 0 Å². The molecule has 8 heteroatoms. The Balaban J connectivity index is 1.32. The number of fused-ring (bicyclic) bond motifs is 1. The van der Waals surface area contributed by atoms with Gasteiger partial charge in [-0.2, -0.15) is 13.2 Å². The maximum atomic E-state index is 13.0. The predicted octanol–water partition coefficient (Wildman–Crippen LogP) is 5.56. The number of nitrogens with one attached hydrogen (secondary N) is 1. The van der Waals surface area contributed by atoms with E-state index >= 15 is 0 Å². The summed E-state index contributed by atoms with van der Waals surface area (Å²) in [7, 11) is 0. The highest BCUT2D eigenvalue weighted by atomic mass is 19.4. The fraction of sp³-hybridized carbons (Fsp3) is 0.308. The Kier molecular flexibility index (Phi) is 5.77. The summed E-state index contributed by atoms with van der Waals surface area (Å²) in [6, 6.07) is 17.7. The second kappa shape index (κ2) is 8.76. The van der Waals surface area contributed by atoms with Gasteiger partial charge in [0, 0.05) is 36.9 Å². The first-order chi connectivity index (χ1) is 16.4. The van der Waals surface area contributed by atoms with Crippen molar-refractivity contribution in [3.8, 4) is 11.4 Å². The van der Waals surface area contributed by atoms with Crippen LogP contribution in [0.2, 0.25) is 0 Å². The second-order valence-electron chi connectivity index (χ2n) is 8.83. The third-order valence-electron chi connectivity index (χ3n) is 6.85. The number of rotatable bonds is 5. The first kappa shape index (κ1) is 22.4. The van der Waals surface area contributed by atoms with Crippen molar-refractivity contribution >= 4 is 16.9 Å². The summed E-state index contributed by atoms with van der Waals surface area (Å²) in [5.41, 5.74) is 2.06. The van der Waals surface area contributed by atoms with Crippen LogP contribution in [0.25, 0.3) is 22.4 Å². The summed E-state index contributed by atoms with van der Waals surface area (Å²) >= 11 is 0. The number of H-pyrrole nitrogens is 1. The molecule has 1 aliphatic heterocycles. The molecule has 5 nitrogen and oxygen atoms in total. The van der Waals surface area contributed by atoms with Crippen LogP contribution in [0.1, 0.15) is 30.4 Å². The van der Waals surface area contributed by atoms with Crippen LogP contribution < -0.4 is 4.90 Å². The Labute approximate surface area is 195 Å². The van der Waals surface area contributed by atoms with E-state index in [-0.39, 0.29) is 12.0 Å². The predicted molar refractivity (Wildman–Crippen MR) is 126 cm³/mol. The Morgan fingerprint density at radius 3 is 2.41 bits per heavy atom. The summed E-state index contributed by atoms with van der Waals surface area (Å²) in [6.45, 7) is 1.81. The van der Waals surface area contributed by atoms with Crippen molar-refractivity contribution in [3.63, 3.8) is 0 Å². The molecule has 0 radical (unpaired) electrons. The van der Waals surface area contributed by atoms with E-state index in [1.807, 2.05) is 30.3 Å². The van der Waals surface area contributed by atoms with E-state index in [4.69, 9.17) is 0 Å². The zero-order chi connectivity index (χ0) is 23.8. The number of alkyl halides is 3. The molecule has 0 atom stereocenters. The van der Waals surface area contributed by atoms with Crippen molar-refractivity contribution < 1.29 is 18.3 Å². The van der Waals surface area contributed by atoms with E-state index < -0.39 is 11.7 Å². The quantitative estimate of drug-likeness (QED) is 0.404. The van der Waals surface area contributed by atoms with Crippen molar-refractivity contribution in [3.05, 3.63) is 78.0 Å². The number of nitrogens with zero attached hydrogens (tertiary/aromatic N) is 3. The topological polar surface area (TPSA) is 65.0 Å². The molecule has 1 aliphatic rings. The highest BCUT2D eigenvalue weighted by Gasteiger charge is 2.36. The summed E-state index contributed by atoms with van der Waals surface area (Å²) < 4.78 is 39.0. The van der Waals surface area contributed by atoms with Gasteiger partial charge in [-0.25, -0.2) is 9.97 Å². The number of aromatic amines is 1. The molecule has 4 aromatic rings. The maximum absolute atomic E-state index is 13.0. The average Bonchev–Trinajstić information content (AvgIpc) is 3.28. The number of aliphatic hydroxyl groups excluding tert-OH is 1. The molecule has 2 aromatic carbocycles. The van der Waals surface area contributed by atoms with E-state index in [0.29, 0.717) is 22.4 Å². The van der Waals surface area contributed by atoms with Gasteiger partial charge in [-0.3, -0.25) is 0 Å². The minimum absolute atomic E-state index is 0.0318. The fourth-order valence-electron chi connectivity index (χ4n) is 4.89. The monoisotopic (exact) mass is 466 g/mol. The molecule has 2 aromatic heterocycles. The summed E-state index contributed by atoms with van der Waals surface area (Å²) in [5.74, 6) is 1.34. The van der Waals surface area contributed by atoms with Gasteiger partial charge in [-0.05, 0) is 55.2 Å². The fourth-order valence-corrected chi connectivity index (χ4v) is 4.89. The Morgan fingerprint density at radius 1 is 1.00 bits per heavy atom. The van der Waals surface area contributed by atoms with Gasteiger partial charge in [0.1, 0.15) is 11.6 Å². The highest BCUT2D eigenvalue weighted by molar-refractivity contribution is 5.80. The first-order valence-corrected chi connectivity index (χ1v) is 11.3. The van der Waals surface area contributed by atoms with Crippen LogP contribution in [0.4, 0.5) is 19.0 Å². The van der Waals surface area contributed by atoms with Gasteiger partial charge in [0.15, 0.2) is 0 Å². The number of imidazole rings is 1. The second-order valence-corrected chi connectivity index (χ2v) is 8.83. The first-order valence-electron chi connectivity index (χ1n) is 11.3. The van der Waals surface area contributed by atoms with Crippen molar-refractivity contribution in [2.75, 3.05) is 24.6 Å². The van der Waals surface area contributed by atoms with Crippen LogP contribution in [0.3, 0.4) is 0 Å². The van der Waals surface area contributed by atoms with E-state index in [1.54, 1.807) is 6.20 Å². The maximum Gasteiger partial charge on any atom is 0.416 e. The minimum atomic E-state index is -4.40. The van der Waals surface area contributed by atoms with Crippen molar-refractivity contribution in [2.45, 2.75) is 30.9 Å². The number of hydrogen-bond donors (Lipinski definition) is 2. The third kappa shape index (κ3) is 4.25. The molecule has 0 amide bonds. The number of pyridine rings is 1. The van der Waals surface area contributed by atoms with Gasteiger partial charge in [-0.15, -0.1) is 0 Å². The lowest BCUT2D eigenvalue weighted by atomic mass is 9.70. The molecule has 1 fully saturated rings. The molecule has 1 saturated heterocycles. The SMILES string of the molecule is OCCC1(c2ccccc2)CCN(c2ccc(-c3nc4ccc(C(F)(F)F)cc4[nH]3)cn2)CC1. The standard InChI is InChI=1S/C26H25F3N4O/c27-26(28,29)20-7-8-21-22(16-20)32-24(31-21)18-6-9-23(30-17-18)33-13-10-25(11-14-33,12-15-34)19-4-2-1-3-5-19/h1-9,16-17,34H,10-15H2,(H,31,32). The highest BCUT2D eigenvalue weighted by Crippen LogP contribution is 2.39. The van der Waals surface area contributed by atoms with E-state index in [9.17, 15) is 18.3 Å². The molecular formula is C26H25F3N4O. The van der Waals surface area contributed by atoms with Gasteiger partial charge in [0.2, 0.25) is 0 Å². The Morgan fingerprint density at radius 2 is 1.76 bits per heavy atom. The molecule has 0 saturated carbocycles. The van der Waals surface area contributed by atoms with E-state index in [1.165, 1.54) is 11.6 Å². The lowest BCUT2D eigenvalue weighted by Gasteiger charge is -2.42. The van der Waals surface area contributed by atoms with Gasteiger partial charge < -0.3 is 15.0 Å². The van der Waals surface area contributed by atoms with Crippen LogP contribution in [-0.4, -0.2) is 39.8 Å². The van der Waals surface area contributed by atoms with Gasteiger partial charge in [-0.1, -0.05) is 30.3 Å². The van der Waals surface area contributed by atoms with Crippen LogP contribution in [0.5, 0.6) is 0 Å². The largest absolute Gasteiger partial charge is 0.416 e. The number of benzene rings is 2. The third-order valence-corrected chi connectivity index (χ3v) is 6.85. The smallest absolute Gasteiger partial charge is 0.396 e.